The molecule has 156 valence electrons. The fraction of sp³-hybridized carbons (Fsp3) is 0.238. The van der Waals surface area contributed by atoms with E-state index in [0.717, 1.165) is 16.9 Å². The first-order valence-electron chi connectivity index (χ1n) is 9.20. The van der Waals surface area contributed by atoms with E-state index in [4.69, 9.17) is 16.3 Å². The molecule has 3 aromatic rings. The topological polar surface area (TPSA) is 97.0 Å². The summed E-state index contributed by atoms with van der Waals surface area (Å²) in [6.07, 6.45) is 0. The summed E-state index contributed by atoms with van der Waals surface area (Å²) < 4.78 is 5.74. The van der Waals surface area contributed by atoms with Gasteiger partial charge in [0.05, 0.1) is 5.75 Å². The first-order chi connectivity index (χ1) is 14.4. The highest BCUT2D eigenvalue weighted by Gasteiger charge is 2.11. The summed E-state index contributed by atoms with van der Waals surface area (Å²) in [6.45, 7) is 4.06. The van der Waals surface area contributed by atoms with E-state index in [-0.39, 0.29) is 24.1 Å². The number of aryl methyl sites for hydroxylation is 1. The molecule has 0 unspecified atom stereocenters. The largest absolute Gasteiger partial charge is 0.485 e. The maximum absolute atomic E-state index is 12.4. The van der Waals surface area contributed by atoms with E-state index in [2.05, 4.69) is 20.5 Å². The number of hydrogen-bond donors (Lipinski definition) is 2. The zero-order valence-corrected chi connectivity index (χ0v) is 18.1. The minimum absolute atomic E-state index is 0.0227. The van der Waals surface area contributed by atoms with E-state index in [9.17, 15) is 9.59 Å². The van der Waals surface area contributed by atoms with Crippen LogP contribution in [0.2, 0.25) is 5.02 Å². The number of ether oxygens (including phenoxy) is 1. The number of nitrogens with zero attached hydrogens (tertiary/aromatic N) is 2. The Morgan fingerprint density at radius 3 is 2.67 bits per heavy atom. The molecule has 0 aliphatic heterocycles. The molecule has 1 heterocycles. The normalized spacial score (nSPS) is 10.6. The number of Topliss-reactive ketones (excluding diaryl/α,β-unsaturated/α-hetero) is 1. The second-order valence-corrected chi connectivity index (χ2v) is 7.96. The summed E-state index contributed by atoms with van der Waals surface area (Å²) in [7, 11) is 0. The lowest BCUT2D eigenvalue weighted by Gasteiger charge is -2.07. The number of aromatic nitrogens is 3. The number of amides is 1. The third kappa shape index (κ3) is 6.33. The first-order valence-corrected chi connectivity index (χ1v) is 10.6. The van der Waals surface area contributed by atoms with Crippen LogP contribution in [0.15, 0.2) is 47.6 Å². The van der Waals surface area contributed by atoms with Crippen LogP contribution < -0.4 is 10.1 Å². The maximum Gasteiger partial charge on any atom is 0.217 e. The number of nitrogens with one attached hydrogen (secondary N) is 2. The van der Waals surface area contributed by atoms with Crippen molar-refractivity contribution in [2.75, 3.05) is 5.75 Å². The van der Waals surface area contributed by atoms with E-state index in [1.807, 2.05) is 31.2 Å². The molecule has 0 bridgehead atoms. The second kappa shape index (κ2) is 10.3. The van der Waals surface area contributed by atoms with Crippen molar-refractivity contribution in [3.8, 4) is 5.75 Å². The number of H-pyrrole nitrogens is 1. The molecule has 1 amide bonds. The molecule has 2 aromatic carbocycles. The molecule has 7 nitrogen and oxygen atoms in total. The number of rotatable bonds is 9. The van der Waals surface area contributed by atoms with E-state index in [0.29, 0.717) is 28.1 Å². The molecule has 9 heteroatoms. The van der Waals surface area contributed by atoms with Gasteiger partial charge in [0, 0.05) is 24.1 Å². The summed E-state index contributed by atoms with van der Waals surface area (Å²) in [4.78, 5) is 27.7. The molecule has 0 atom stereocenters. The molecule has 0 saturated carbocycles. The summed E-state index contributed by atoms with van der Waals surface area (Å²) in [5, 5.41) is 10.8. The van der Waals surface area contributed by atoms with Crippen molar-refractivity contribution in [2.45, 2.75) is 32.2 Å². The second-order valence-electron chi connectivity index (χ2n) is 6.58. The van der Waals surface area contributed by atoms with Crippen LogP contribution in [0.1, 0.15) is 34.2 Å². The van der Waals surface area contributed by atoms with E-state index < -0.39 is 0 Å². The Bertz CT molecular complexity index is 1040. The number of thioether (sulfide) groups is 1. The fourth-order valence-electron chi connectivity index (χ4n) is 2.58. The average molecular weight is 445 g/mol. The van der Waals surface area contributed by atoms with Gasteiger partial charge in [0.15, 0.2) is 11.6 Å². The lowest BCUT2D eigenvalue weighted by molar-refractivity contribution is -0.119. The number of ketones is 1. The molecule has 2 N–H and O–H groups in total. The molecule has 30 heavy (non-hydrogen) atoms. The fourth-order valence-corrected chi connectivity index (χ4v) is 3.51. The van der Waals surface area contributed by atoms with Gasteiger partial charge in [-0.1, -0.05) is 47.6 Å². The number of halogens is 1. The summed E-state index contributed by atoms with van der Waals surface area (Å²) >= 11 is 7.20. The van der Waals surface area contributed by atoms with Gasteiger partial charge in [0.1, 0.15) is 12.4 Å². The number of carbonyl (C=O) groups excluding carboxylic acids is 2. The number of hydrogen-bond acceptors (Lipinski definition) is 6. The summed E-state index contributed by atoms with van der Waals surface area (Å²) in [5.41, 5.74) is 2.47. The predicted molar refractivity (Wildman–Crippen MR) is 116 cm³/mol. The first kappa shape index (κ1) is 21.9. The van der Waals surface area contributed by atoms with Crippen molar-refractivity contribution in [3.63, 3.8) is 0 Å². The Morgan fingerprint density at radius 2 is 1.97 bits per heavy atom. The quantitative estimate of drug-likeness (QED) is 0.383. The molecule has 0 aliphatic rings. The molecular formula is C21H21ClN4O3S. The third-order valence-electron chi connectivity index (χ3n) is 4.16. The zero-order chi connectivity index (χ0) is 21.5. The van der Waals surface area contributed by atoms with Crippen LogP contribution >= 0.6 is 23.4 Å². The predicted octanol–water partition coefficient (Wildman–Crippen LogP) is 3.96. The van der Waals surface area contributed by atoms with Gasteiger partial charge in [-0.3, -0.25) is 14.7 Å². The monoisotopic (exact) mass is 444 g/mol. The molecule has 0 spiro atoms. The Balaban J connectivity index is 1.48. The molecule has 0 radical (unpaired) electrons. The Hall–Kier alpha value is -2.84. The SMILES string of the molecule is CC(=O)NCc1ccc(C(=O)CSc2n[nH]c(COc3ccc(Cl)cc3C)n2)cc1. The van der Waals surface area contributed by atoms with Crippen LogP contribution in [-0.2, 0) is 17.9 Å². The van der Waals surface area contributed by atoms with Gasteiger partial charge in [-0.2, -0.15) is 0 Å². The Kier molecular flexibility index (Phi) is 7.48. The van der Waals surface area contributed by atoms with Crippen molar-refractivity contribution in [3.05, 3.63) is 70.0 Å². The van der Waals surface area contributed by atoms with Crippen LogP contribution in [-0.4, -0.2) is 32.6 Å². The van der Waals surface area contributed by atoms with Crippen LogP contribution in [0, 0.1) is 6.92 Å². The van der Waals surface area contributed by atoms with Crippen molar-refractivity contribution >= 4 is 35.1 Å². The Labute approximate surface area is 183 Å². The van der Waals surface area contributed by atoms with Gasteiger partial charge in [0.25, 0.3) is 0 Å². The lowest BCUT2D eigenvalue weighted by Crippen LogP contribution is -2.18. The van der Waals surface area contributed by atoms with Gasteiger partial charge in [-0.15, -0.1) is 5.10 Å². The van der Waals surface area contributed by atoms with Crippen LogP contribution in [0.25, 0.3) is 0 Å². The van der Waals surface area contributed by atoms with Crippen LogP contribution in [0.5, 0.6) is 5.75 Å². The van der Waals surface area contributed by atoms with Gasteiger partial charge in [-0.25, -0.2) is 4.98 Å². The summed E-state index contributed by atoms with van der Waals surface area (Å²) in [6, 6.07) is 12.6. The Morgan fingerprint density at radius 1 is 1.20 bits per heavy atom. The van der Waals surface area contributed by atoms with E-state index >= 15 is 0 Å². The molecular weight excluding hydrogens is 424 g/mol. The van der Waals surface area contributed by atoms with Gasteiger partial charge in [-0.05, 0) is 36.2 Å². The number of aromatic amines is 1. The van der Waals surface area contributed by atoms with Crippen molar-refractivity contribution in [2.24, 2.45) is 0 Å². The minimum atomic E-state index is -0.0916. The van der Waals surface area contributed by atoms with E-state index in [1.54, 1.807) is 18.2 Å². The molecule has 3 rings (SSSR count). The number of carbonyl (C=O) groups is 2. The zero-order valence-electron chi connectivity index (χ0n) is 16.6. The highest BCUT2D eigenvalue weighted by Crippen LogP contribution is 2.23. The smallest absolute Gasteiger partial charge is 0.217 e. The standard InChI is InChI=1S/C21H21ClN4O3S/c1-13-9-17(22)7-8-19(13)29-11-20-24-21(26-25-20)30-12-18(28)16-5-3-15(4-6-16)10-23-14(2)27/h3-9H,10-12H2,1-2H3,(H,23,27)(H,24,25,26). The highest BCUT2D eigenvalue weighted by atomic mass is 35.5. The van der Waals surface area contributed by atoms with Crippen LogP contribution in [0.3, 0.4) is 0 Å². The lowest BCUT2D eigenvalue weighted by atomic mass is 10.1. The van der Waals surface area contributed by atoms with Gasteiger partial charge in [0.2, 0.25) is 11.1 Å². The summed E-state index contributed by atoms with van der Waals surface area (Å²) in [5.74, 6) is 1.40. The van der Waals surface area contributed by atoms with Crippen molar-refractivity contribution < 1.29 is 14.3 Å². The molecule has 0 fully saturated rings. The van der Waals surface area contributed by atoms with Gasteiger partial charge < -0.3 is 10.1 Å². The molecule has 1 aromatic heterocycles. The van der Waals surface area contributed by atoms with Crippen LogP contribution in [0.4, 0.5) is 0 Å². The average Bonchev–Trinajstić information content (AvgIpc) is 3.18. The minimum Gasteiger partial charge on any atom is -0.485 e. The third-order valence-corrected chi connectivity index (χ3v) is 5.24. The van der Waals surface area contributed by atoms with Gasteiger partial charge >= 0.3 is 0 Å². The highest BCUT2D eigenvalue weighted by molar-refractivity contribution is 7.99. The van der Waals surface area contributed by atoms with Crippen molar-refractivity contribution in [1.29, 1.82) is 0 Å². The molecule has 0 aliphatic carbocycles. The molecule has 0 saturated heterocycles. The number of benzene rings is 2. The van der Waals surface area contributed by atoms with Crippen molar-refractivity contribution in [1.82, 2.24) is 20.5 Å². The maximum atomic E-state index is 12.4. The van der Waals surface area contributed by atoms with E-state index in [1.165, 1.54) is 18.7 Å².